The Labute approximate surface area is 350 Å². The van der Waals surface area contributed by atoms with Gasteiger partial charge in [-0.3, -0.25) is 4.90 Å². The van der Waals surface area contributed by atoms with Gasteiger partial charge in [-0.15, -0.1) is 15.3 Å². The molecule has 3 rings (SSSR count). The van der Waals surface area contributed by atoms with E-state index < -0.39 is 11.9 Å². The molecule has 0 amide bonds. The molecule has 1 aliphatic carbocycles. The average molecular weight is 819 g/mol. The van der Waals surface area contributed by atoms with Crippen LogP contribution in [0.5, 0.6) is 11.5 Å². The van der Waals surface area contributed by atoms with Crippen LogP contribution in [-0.2, 0) is 19.1 Å². The van der Waals surface area contributed by atoms with Crippen LogP contribution >= 0.6 is 11.6 Å². The summed E-state index contributed by atoms with van der Waals surface area (Å²) in [5, 5.41) is 18.4. The standard InChI is InChI=1S/C45H63ClN6O6/c1-6-10-12-14-16-18-24-52(25-19-17-15-13-11-7-2)36-21-23-38(34(5)30-36)48-50-40-32-43(56-27-29-58-45(54)9-4)41(33-42(40)55-26-28-57-44(53)8-3)51-49-39-22-20-35(47)31-37(39)46/h8-9,20-23,31-33,36H,3-4,6-7,10-19,24-30,47H2,1-2,5H3. The fraction of sp³-hybridized carbons (Fsp3) is 0.511. The molecule has 1 atom stereocenters. The fourth-order valence-corrected chi connectivity index (χ4v) is 6.51. The van der Waals surface area contributed by atoms with Gasteiger partial charge >= 0.3 is 11.9 Å². The lowest BCUT2D eigenvalue weighted by Crippen LogP contribution is -2.36. The summed E-state index contributed by atoms with van der Waals surface area (Å²) in [6, 6.07) is 8.40. The molecule has 2 aromatic rings. The van der Waals surface area contributed by atoms with Gasteiger partial charge in [0.15, 0.2) is 0 Å². The van der Waals surface area contributed by atoms with Crippen LogP contribution in [0.3, 0.4) is 0 Å². The van der Waals surface area contributed by atoms with E-state index in [1.165, 1.54) is 77.0 Å². The zero-order chi connectivity index (χ0) is 42.0. The van der Waals surface area contributed by atoms with Gasteiger partial charge in [0, 0.05) is 36.0 Å². The summed E-state index contributed by atoms with van der Waals surface area (Å²) in [5.74, 6) is -0.576. The van der Waals surface area contributed by atoms with Crippen molar-refractivity contribution < 1.29 is 28.5 Å². The number of rotatable bonds is 29. The third-order valence-corrected chi connectivity index (χ3v) is 9.85. The van der Waals surface area contributed by atoms with Gasteiger partial charge in [0.1, 0.15) is 55.0 Å². The van der Waals surface area contributed by atoms with Crippen molar-refractivity contribution in [3.05, 3.63) is 84.1 Å². The van der Waals surface area contributed by atoms with Crippen LogP contribution in [0, 0.1) is 0 Å². The second-order valence-electron chi connectivity index (χ2n) is 14.2. The molecule has 0 aliphatic heterocycles. The van der Waals surface area contributed by atoms with Crippen molar-refractivity contribution in [2.45, 2.75) is 110 Å². The molecule has 0 bridgehead atoms. The molecule has 1 unspecified atom stereocenters. The highest BCUT2D eigenvalue weighted by Crippen LogP contribution is 2.42. The van der Waals surface area contributed by atoms with E-state index in [1.807, 2.05) is 0 Å². The predicted molar refractivity (Wildman–Crippen MR) is 233 cm³/mol. The Balaban J connectivity index is 1.89. The Bertz CT molecular complexity index is 1730. The van der Waals surface area contributed by atoms with E-state index in [0.29, 0.717) is 33.9 Å². The van der Waals surface area contributed by atoms with Crippen molar-refractivity contribution in [1.29, 1.82) is 0 Å². The second-order valence-corrected chi connectivity index (χ2v) is 14.6. The molecule has 0 spiro atoms. The maximum atomic E-state index is 11.7. The normalized spacial score (nSPS) is 14.1. The summed E-state index contributed by atoms with van der Waals surface area (Å²) in [6.07, 6.45) is 22.6. The smallest absolute Gasteiger partial charge is 0.330 e. The molecule has 2 aromatic carbocycles. The van der Waals surface area contributed by atoms with Gasteiger partial charge in [0.25, 0.3) is 0 Å². The van der Waals surface area contributed by atoms with Crippen LogP contribution in [0.1, 0.15) is 104 Å². The van der Waals surface area contributed by atoms with Crippen LogP contribution in [0.2, 0.25) is 5.02 Å². The van der Waals surface area contributed by atoms with Gasteiger partial charge in [-0.25, -0.2) is 9.59 Å². The number of carbonyl (C=O) groups is 2. The molecule has 2 N–H and O–H groups in total. The Kier molecular flexibility index (Phi) is 22.8. The lowest BCUT2D eigenvalue weighted by atomic mass is 9.97. The number of nitrogens with zero attached hydrogens (tertiary/aromatic N) is 5. The molecular formula is C45H63ClN6O6. The Hall–Kier alpha value is -4.81. The van der Waals surface area contributed by atoms with Crippen LogP contribution in [-0.4, -0.2) is 62.4 Å². The number of hydrogen-bond donors (Lipinski definition) is 1. The quantitative estimate of drug-likeness (QED) is 0.0280. The first kappa shape index (κ1) is 47.6. The van der Waals surface area contributed by atoms with Gasteiger partial charge in [-0.05, 0) is 69.1 Å². The lowest BCUT2D eigenvalue weighted by molar-refractivity contribution is -0.139. The molecular weight excluding hydrogens is 756 g/mol. The number of azo groups is 2. The van der Waals surface area contributed by atoms with E-state index in [0.717, 1.165) is 42.9 Å². The SMILES string of the molecule is C=CC(=O)OCCOc1cc(N=Nc2ccc(N)cc2Cl)c(OCCOC(=O)C=C)cc1N=NC1=C(C)CC(N(CCCCCCCC)CCCCCCCC)C=C1. The number of unbranched alkanes of at least 4 members (excludes halogenated alkanes) is 10. The number of nitrogens with two attached hydrogens (primary N) is 1. The van der Waals surface area contributed by atoms with Crippen molar-refractivity contribution in [1.82, 2.24) is 4.90 Å². The summed E-state index contributed by atoms with van der Waals surface area (Å²) < 4.78 is 22.3. The van der Waals surface area contributed by atoms with Gasteiger partial charge in [0.05, 0.1) is 10.7 Å². The van der Waals surface area contributed by atoms with Gasteiger partial charge in [0.2, 0.25) is 0 Å². The fourth-order valence-electron chi connectivity index (χ4n) is 6.29. The number of benzene rings is 2. The summed E-state index contributed by atoms with van der Waals surface area (Å²) >= 11 is 6.37. The van der Waals surface area contributed by atoms with Gasteiger partial charge < -0.3 is 24.7 Å². The third-order valence-electron chi connectivity index (χ3n) is 9.54. The minimum Gasteiger partial charge on any atom is -0.488 e. The Morgan fingerprint density at radius 3 is 1.74 bits per heavy atom. The van der Waals surface area contributed by atoms with Crippen molar-refractivity contribution in [2.24, 2.45) is 20.5 Å². The minimum absolute atomic E-state index is 0.00137. The van der Waals surface area contributed by atoms with Crippen molar-refractivity contribution in [3.63, 3.8) is 0 Å². The number of allylic oxidation sites excluding steroid dienone is 1. The summed E-state index contributed by atoms with van der Waals surface area (Å²) in [5.41, 5.74) is 9.23. The monoisotopic (exact) mass is 818 g/mol. The predicted octanol–water partition coefficient (Wildman–Crippen LogP) is 12.3. The zero-order valence-electron chi connectivity index (χ0n) is 34.8. The molecule has 0 fully saturated rings. The molecule has 0 radical (unpaired) electrons. The van der Waals surface area contributed by atoms with E-state index in [1.54, 1.807) is 30.3 Å². The molecule has 0 saturated heterocycles. The van der Waals surface area contributed by atoms with Crippen molar-refractivity contribution in [3.8, 4) is 11.5 Å². The average Bonchev–Trinajstić information content (AvgIpc) is 3.22. The maximum Gasteiger partial charge on any atom is 0.330 e. The first-order valence-corrected chi connectivity index (χ1v) is 21.1. The third kappa shape index (κ3) is 17.8. The van der Waals surface area contributed by atoms with Crippen molar-refractivity contribution >= 4 is 46.3 Å². The number of halogens is 1. The summed E-state index contributed by atoms with van der Waals surface area (Å²) in [7, 11) is 0. The molecule has 13 heteroatoms. The van der Waals surface area contributed by atoms with E-state index in [4.69, 9.17) is 36.3 Å². The molecule has 1 aliphatic rings. The van der Waals surface area contributed by atoms with Crippen LogP contribution in [0.15, 0.2) is 99.5 Å². The van der Waals surface area contributed by atoms with Crippen LogP contribution in [0.4, 0.5) is 22.7 Å². The molecule has 316 valence electrons. The van der Waals surface area contributed by atoms with Crippen LogP contribution in [0.25, 0.3) is 0 Å². The number of nitrogen functional groups attached to an aromatic ring is 1. The van der Waals surface area contributed by atoms with Gasteiger partial charge in [-0.1, -0.05) is 109 Å². The first-order chi connectivity index (χ1) is 28.2. The van der Waals surface area contributed by atoms with E-state index in [9.17, 15) is 9.59 Å². The highest BCUT2D eigenvalue weighted by molar-refractivity contribution is 6.33. The number of anilines is 1. The first-order valence-electron chi connectivity index (χ1n) is 20.7. The lowest BCUT2D eigenvalue weighted by Gasteiger charge is -2.32. The summed E-state index contributed by atoms with van der Waals surface area (Å²) in [4.78, 5) is 26.0. The Morgan fingerprint density at radius 1 is 0.741 bits per heavy atom. The van der Waals surface area contributed by atoms with E-state index >= 15 is 0 Å². The van der Waals surface area contributed by atoms with Gasteiger partial charge in [-0.2, -0.15) is 5.11 Å². The highest BCUT2D eigenvalue weighted by atomic mass is 35.5. The molecule has 0 aromatic heterocycles. The number of ether oxygens (including phenoxy) is 4. The molecule has 0 saturated carbocycles. The topological polar surface area (TPSA) is 150 Å². The molecule has 0 heterocycles. The maximum absolute atomic E-state index is 11.7. The largest absolute Gasteiger partial charge is 0.488 e. The number of esters is 2. The Morgan fingerprint density at radius 2 is 1.24 bits per heavy atom. The van der Waals surface area contributed by atoms with Crippen molar-refractivity contribution in [2.75, 3.05) is 45.3 Å². The van der Waals surface area contributed by atoms with E-state index in [-0.39, 0.29) is 37.9 Å². The molecule has 58 heavy (non-hydrogen) atoms. The molecule has 12 nitrogen and oxygen atoms in total. The number of hydrogen-bond acceptors (Lipinski definition) is 12. The highest BCUT2D eigenvalue weighted by Gasteiger charge is 2.21. The van der Waals surface area contributed by atoms with E-state index in [2.05, 4.69) is 71.4 Å². The zero-order valence-corrected chi connectivity index (χ0v) is 35.5. The van der Waals surface area contributed by atoms with Crippen LogP contribution < -0.4 is 15.2 Å². The minimum atomic E-state index is -0.573. The number of carbonyl (C=O) groups excluding carboxylic acids is 2. The summed E-state index contributed by atoms with van der Waals surface area (Å²) in [6.45, 7) is 15.6. The second kappa shape index (κ2) is 27.8.